The van der Waals surface area contributed by atoms with Crippen LogP contribution in [-0.2, 0) is 0 Å². The quantitative estimate of drug-likeness (QED) is 0.830. The van der Waals surface area contributed by atoms with Gasteiger partial charge in [-0.15, -0.1) is 0 Å². The fourth-order valence-corrected chi connectivity index (χ4v) is 2.50. The van der Waals surface area contributed by atoms with Crippen LogP contribution in [0.4, 0.5) is 5.95 Å². The standard InChI is InChI=1S/C15H26N4O/c1-3-9-19-10-6-13(7-11-19)17-15-16-8-5-14(18-15)20-12-4-2/h5,8,13H,3-4,6-7,9-12H2,1-2H3,(H,16,17,18). The summed E-state index contributed by atoms with van der Waals surface area (Å²) < 4.78 is 5.53. The van der Waals surface area contributed by atoms with E-state index in [1.54, 1.807) is 6.20 Å². The molecule has 1 N–H and O–H groups in total. The van der Waals surface area contributed by atoms with Gasteiger partial charge in [0.1, 0.15) is 0 Å². The topological polar surface area (TPSA) is 50.3 Å². The molecule has 20 heavy (non-hydrogen) atoms. The summed E-state index contributed by atoms with van der Waals surface area (Å²) in [7, 11) is 0. The fraction of sp³-hybridized carbons (Fsp3) is 0.733. The normalized spacial score (nSPS) is 17.1. The zero-order valence-electron chi connectivity index (χ0n) is 12.6. The zero-order chi connectivity index (χ0) is 14.2. The monoisotopic (exact) mass is 278 g/mol. The number of hydrogen-bond donors (Lipinski definition) is 1. The van der Waals surface area contributed by atoms with Gasteiger partial charge < -0.3 is 15.0 Å². The molecule has 5 nitrogen and oxygen atoms in total. The first-order valence-corrected chi connectivity index (χ1v) is 7.76. The van der Waals surface area contributed by atoms with Gasteiger partial charge in [0, 0.05) is 31.4 Å². The molecule has 1 aromatic rings. The smallest absolute Gasteiger partial charge is 0.226 e. The van der Waals surface area contributed by atoms with E-state index in [-0.39, 0.29) is 0 Å². The molecule has 0 aromatic carbocycles. The van der Waals surface area contributed by atoms with Gasteiger partial charge in [-0.3, -0.25) is 0 Å². The second-order valence-electron chi connectivity index (χ2n) is 5.33. The Morgan fingerprint density at radius 2 is 2.10 bits per heavy atom. The maximum absolute atomic E-state index is 5.53. The van der Waals surface area contributed by atoms with Crippen molar-refractivity contribution >= 4 is 5.95 Å². The van der Waals surface area contributed by atoms with Crippen molar-refractivity contribution < 1.29 is 4.74 Å². The van der Waals surface area contributed by atoms with Crippen molar-refractivity contribution in [3.8, 4) is 5.88 Å². The van der Waals surface area contributed by atoms with Crippen LogP contribution in [0.5, 0.6) is 5.88 Å². The number of piperidine rings is 1. The summed E-state index contributed by atoms with van der Waals surface area (Å²) in [4.78, 5) is 11.2. The minimum atomic E-state index is 0.476. The molecule has 0 aliphatic carbocycles. The van der Waals surface area contributed by atoms with Gasteiger partial charge in [0.25, 0.3) is 0 Å². The van der Waals surface area contributed by atoms with E-state index < -0.39 is 0 Å². The van der Waals surface area contributed by atoms with Crippen LogP contribution in [0, 0.1) is 0 Å². The van der Waals surface area contributed by atoms with Gasteiger partial charge in [-0.2, -0.15) is 4.98 Å². The van der Waals surface area contributed by atoms with Crippen molar-refractivity contribution in [2.75, 3.05) is 31.6 Å². The Bertz CT molecular complexity index is 391. The molecule has 112 valence electrons. The number of ether oxygens (including phenoxy) is 1. The second kappa shape index (κ2) is 8.04. The average molecular weight is 278 g/mol. The summed E-state index contributed by atoms with van der Waals surface area (Å²) in [5, 5.41) is 3.43. The molecule has 0 radical (unpaired) electrons. The molecule has 1 saturated heterocycles. The van der Waals surface area contributed by atoms with E-state index in [1.165, 1.54) is 13.0 Å². The van der Waals surface area contributed by atoms with E-state index >= 15 is 0 Å². The molecule has 0 unspecified atom stereocenters. The van der Waals surface area contributed by atoms with Gasteiger partial charge in [0.05, 0.1) is 6.61 Å². The van der Waals surface area contributed by atoms with Crippen molar-refractivity contribution in [3.05, 3.63) is 12.3 Å². The van der Waals surface area contributed by atoms with Gasteiger partial charge in [0.15, 0.2) is 0 Å². The largest absolute Gasteiger partial charge is 0.478 e. The van der Waals surface area contributed by atoms with Gasteiger partial charge in [-0.25, -0.2) is 4.98 Å². The van der Waals surface area contributed by atoms with Crippen molar-refractivity contribution in [1.29, 1.82) is 0 Å². The maximum Gasteiger partial charge on any atom is 0.226 e. The summed E-state index contributed by atoms with van der Waals surface area (Å²) >= 11 is 0. The van der Waals surface area contributed by atoms with Gasteiger partial charge in [0.2, 0.25) is 11.8 Å². The van der Waals surface area contributed by atoms with Crippen molar-refractivity contribution in [2.24, 2.45) is 0 Å². The van der Waals surface area contributed by atoms with Crippen LogP contribution in [-0.4, -0.2) is 47.2 Å². The summed E-state index contributed by atoms with van der Waals surface area (Å²) in [6.07, 6.45) is 6.29. The lowest BCUT2D eigenvalue weighted by Gasteiger charge is -2.32. The molecule has 0 amide bonds. The van der Waals surface area contributed by atoms with E-state index in [2.05, 4.69) is 34.0 Å². The average Bonchev–Trinajstić information content (AvgIpc) is 2.48. The number of nitrogens with zero attached hydrogens (tertiary/aromatic N) is 3. The van der Waals surface area contributed by atoms with Crippen LogP contribution in [0.3, 0.4) is 0 Å². The third-order valence-corrected chi connectivity index (χ3v) is 3.54. The Labute approximate surface area is 121 Å². The molecule has 2 rings (SSSR count). The highest BCUT2D eigenvalue weighted by molar-refractivity contribution is 5.29. The first-order valence-electron chi connectivity index (χ1n) is 7.76. The third kappa shape index (κ3) is 4.63. The molecule has 1 fully saturated rings. The summed E-state index contributed by atoms with van der Waals surface area (Å²) in [6, 6.07) is 2.29. The minimum Gasteiger partial charge on any atom is -0.478 e. The Kier molecular flexibility index (Phi) is 6.05. The summed E-state index contributed by atoms with van der Waals surface area (Å²) in [5.41, 5.74) is 0. The van der Waals surface area contributed by atoms with Crippen LogP contribution in [0.2, 0.25) is 0 Å². The van der Waals surface area contributed by atoms with Crippen LogP contribution in [0.1, 0.15) is 39.5 Å². The number of anilines is 1. The van der Waals surface area contributed by atoms with Crippen molar-refractivity contribution in [2.45, 2.75) is 45.6 Å². The van der Waals surface area contributed by atoms with Gasteiger partial charge in [-0.05, 0) is 32.2 Å². The molecule has 0 bridgehead atoms. The molecule has 1 aliphatic rings. The highest BCUT2D eigenvalue weighted by Crippen LogP contribution is 2.16. The number of hydrogen-bond acceptors (Lipinski definition) is 5. The van der Waals surface area contributed by atoms with E-state index in [9.17, 15) is 0 Å². The molecule has 1 aliphatic heterocycles. The number of nitrogens with one attached hydrogen (secondary N) is 1. The Morgan fingerprint density at radius 1 is 1.30 bits per heavy atom. The van der Waals surface area contributed by atoms with Gasteiger partial charge in [-0.1, -0.05) is 13.8 Å². The third-order valence-electron chi connectivity index (χ3n) is 3.54. The van der Waals surface area contributed by atoms with E-state index in [4.69, 9.17) is 4.74 Å². The Morgan fingerprint density at radius 3 is 2.80 bits per heavy atom. The fourth-order valence-electron chi connectivity index (χ4n) is 2.50. The van der Waals surface area contributed by atoms with Crippen molar-refractivity contribution in [1.82, 2.24) is 14.9 Å². The lowest BCUT2D eigenvalue weighted by molar-refractivity contribution is 0.219. The molecular weight excluding hydrogens is 252 g/mol. The summed E-state index contributed by atoms with van der Waals surface area (Å²) in [6.45, 7) is 8.56. The highest BCUT2D eigenvalue weighted by atomic mass is 16.5. The van der Waals surface area contributed by atoms with E-state index in [1.807, 2.05) is 6.07 Å². The second-order valence-corrected chi connectivity index (χ2v) is 5.33. The lowest BCUT2D eigenvalue weighted by atomic mass is 10.1. The SMILES string of the molecule is CCCOc1ccnc(NC2CCN(CCC)CC2)n1. The first kappa shape index (κ1) is 15.0. The van der Waals surface area contributed by atoms with Crippen LogP contribution in [0.25, 0.3) is 0 Å². The molecule has 0 atom stereocenters. The molecule has 0 saturated carbocycles. The van der Waals surface area contributed by atoms with Gasteiger partial charge >= 0.3 is 0 Å². The first-order chi connectivity index (χ1) is 9.81. The maximum atomic E-state index is 5.53. The molecule has 2 heterocycles. The summed E-state index contributed by atoms with van der Waals surface area (Å²) in [5.74, 6) is 1.35. The Balaban J connectivity index is 1.81. The number of rotatable bonds is 7. The predicted octanol–water partition coefficient (Wildman–Crippen LogP) is 2.55. The molecule has 1 aromatic heterocycles. The van der Waals surface area contributed by atoms with Crippen molar-refractivity contribution in [3.63, 3.8) is 0 Å². The zero-order valence-corrected chi connectivity index (χ0v) is 12.6. The Hall–Kier alpha value is -1.36. The molecular formula is C15H26N4O. The molecule has 5 heteroatoms. The van der Waals surface area contributed by atoms with Crippen LogP contribution < -0.4 is 10.1 Å². The highest BCUT2D eigenvalue weighted by Gasteiger charge is 2.19. The van der Waals surface area contributed by atoms with Crippen LogP contribution >= 0.6 is 0 Å². The van der Waals surface area contributed by atoms with E-state index in [0.29, 0.717) is 24.5 Å². The molecule has 0 spiro atoms. The number of aromatic nitrogens is 2. The lowest BCUT2D eigenvalue weighted by Crippen LogP contribution is -2.39. The van der Waals surface area contributed by atoms with Crippen LogP contribution in [0.15, 0.2) is 12.3 Å². The predicted molar refractivity (Wildman–Crippen MR) is 81.2 cm³/mol. The number of likely N-dealkylation sites (tertiary alicyclic amines) is 1. The minimum absolute atomic E-state index is 0.476. The van der Waals surface area contributed by atoms with E-state index in [0.717, 1.165) is 32.4 Å².